The van der Waals surface area contributed by atoms with Gasteiger partial charge in [-0.25, -0.2) is 14.5 Å². The highest BCUT2D eigenvalue weighted by molar-refractivity contribution is 5.98. The second kappa shape index (κ2) is 7.73. The number of carboxylic acid groups (broad SMARTS) is 1. The van der Waals surface area contributed by atoms with Gasteiger partial charge in [0.15, 0.2) is 0 Å². The van der Waals surface area contributed by atoms with E-state index in [2.05, 4.69) is 5.32 Å². The van der Waals surface area contributed by atoms with Gasteiger partial charge in [-0.2, -0.15) is 0 Å². The molecule has 7 nitrogen and oxygen atoms in total. The molecule has 1 heterocycles. The standard InChI is InChI=1S/C16H20N2O5/c1-11(15(20)21)18(14(19)13-8-5-9-17-13)16(22)23-10-12-6-3-2-4-7-12/h2-4,6-7,11,13,17H,5,8-10H2,1H3,(H,20,21). The first-order valence-corrected chi connectivity index (χ1v) is 7.50. The van der Waals surface area contributed by atoms with Crippen molar-refractivity contribution < 1.29 is 24.2 Å². The first-order valence-electron chi connectivity index (χ1n) is 7.50. The second-order valence-electron chi connectivity index (χ2n) is 5.41. The van der Waals surface area contributed by atoms with Crippen LogP contribution in [-0.4, -0.2) is 46.6 Å². The van der Waals surface area contributed by atoms with Crippen molar-refractivity contribution in [2.24, 2.45) is 0 Å². The Kier molecular flexibility index (Phi) is 5.70. The number of imide groups is 1. The molecule has 2 rings (SSSR count). The normalized spacial score (nSPS) is 18.2. The Bertz CT molecular complexity index is 569. The lowest BCUT2D eigenvalue weighted by Crippen LogP contribution is -2.53. The summed E-state index contributed by atoms with van der Waals surface area (Å²) in [5.74, 6) is -1.82. The van der Waals surface area contributed by atoms with Crippen molar-refractivity contribution in [3.05, 3.63) is 35.9 Å². The molecule has 0 aliphatic carbocycles. The van der Waals surface area contributed by atoms with Gasteiger partial charge in [-0.15, -0.1) is 0 Å². The van der Waals surface area contributed by atoms with Crippen LogP contribution in [0.4, 0.5) is 4.79 Å². The average molecular weight is 320 g/mol. The fraction of sp³-hybridized carbons (Fsp3) is 0.438. The summed E-state index contributed by atoms with van der Waals surface area (Å²) in [6.07, 6.45) is 0.445. The van der Waals surface area contributed by atoms with E-state index in [9.17, 15) is 14.4 Å². The van der Waals surface area contributed by atoms with Crippen molar-refractivity contribution in [2.75, 3.05) is 6.54 Å². The third-order valence-corrected chi connectivity index (χ3v) is 3.74. The van der Waals surface area contributed by atoms with Crippen LogP contribution in [-0.2, 0) is 20.9 Å². The number of nitrogens with zero attached hydrogens (tertiary/aromatic N) is 1. The first-order chi connectivity index (χ1) is 11.0. The van der Waals surface area contributed by atoms with Crippen LogP contribution < -0.4 is 5.32 Å². The number of rotatable bonds is 5. The summed E-state index contributed by atoms with van der Waals surface area (Å²) in [7, 11) is 0. The van der Waals surface area contributed by atoms with Crippen molar-refractivity contribution in [2.45, 2.75) is 38.5 Å². The minimum atomic E-state index is -1.28. The maximum atomic E-state index is 12.4. The fourth-order valence-electron chi connectivity index (χ4n) is 2.40. The predicted molar refractivity (Wildman–Crippen MR) is 81.6 cm³/mol. The number of carbonyl (C=O) groups excluding carboxylic acids is 2. The molecule has 2 amide bonds. The molecular weight excluding hydrogens is 300 g/mol. The van der Waals surface area contributed by atoms with Crippen LogP contribution in [0.3, 0.4) is 0 Å². The van der Waals surface area contributed by atoms with Gasteiger partial charge in [0, 0.05) is 0 Å². The summed E-state index contributed by atoms with van der Waals surface area (Å²) in [4.78, 5) is 36.6. The Morgan fingerprint density at radius 1 is 1.35 bits per heavy atom. The zero-order valence-corrected chi connectivity index (χ0v) is 12.9. The summed E-state index contributed by atoms with van der Waals surface area (Å²) in [6, 6.07) is 7.16. The van der Waals surface area contributed by atoms with Gasteiger partial charge in [-0.3, -0.25) is 4.79 Å². The Balaban J connectivity index is 2.07. The molecule has 23 heavy (non-hydrogen) atoms. The molecule has 1 aromatic carbocycles. The molecule has 2 atom stereocenters. The minimum absolute atomic E-state index is 0.0200. The van der Waals surface area contributed by atoms with Crippen LogP contribution in [0.2, 0.25) is 0 Å². The zero-order chi connectivity index (χ0) is 16.8. The third-order valence-electron chi connectivity index (χ3n) is 3.74. The van der Waals surface area contributed by atoms with Crippen LogP contribution in [0.15, 0.2) is 30.3 Å². The number of carboxylic acids is 1. The van der Waals surface area contributed by atoms with E-state index in [-0.39, 0.29) is 6.61 Å². The lowest BCUT2D eigenvalue weighted by atomic mass is 10.2. The second-order valence-corrected chi connectivity index (χ2v) is 5.41. The molecule has 0 spiro atoms. The number of ether oxygens (including phenoxy) is 1. The Morgan fingerprint density at radius 3 is 2.61 bits per heavy atom. The average Bonchev–Trinajstić information content (AvgIpc) is 3.08. The molecule has 0 saturated carbocycles. The maximum Gasteiger partial charge on any atom is 0.417 e. The van der Waals surface area contributed by atoms with E-state index in [1.54, 1.807) is 24.3 Å². The van der Waals surface area contributed by atoms with Gasteiger partial charge >= 0.3 is 12.1 Å². The van der Waals surface area contributed by atoms with Gasteiger partial charge in [0.1, 0.15) is 12.6 Å². The van der Waals surface area contributed by atoms with E-state index in [0.717, 1.165) is 12.0 Å². The minimum Gasteiger partial charge on any atom is -0.480 e. The van der Waals surface area contributed by atoms with Crippen molar-refractivity contribution in [3.63, 3.8) is 0 Å². The van der Waals surface area contributed by atoms with E-state index >= 15 is 0 Å². The number of carbonyl (C=O) groups is 3. The molecule has 0 aromatic heterocycles. The fourth-order valence-corrected chi connectivity index (χ4v) is 2.40. The number of nitrogens with one attached hydrogen (secondary N) is 1. The lowest BCUT2D eigenvalue weighted by molar-refractivity contribution is -0.148. The van der Waals surface area contributed by atoms with Gasteiger partial charge in [-0.1, -0.05) is 30.3 Å². The van der Waals surface area contributed by atoms with Gasteiger partial charge in [0.2, 0.25) is 5.91 Å². The number of hydrogen-bond acceptors (Lipinski definition) is 5. The molecular formula is C16H20N2O5. The van der Waals surface area contributed by atoms with Crippen molar-refractivity contribution in [1.29, 1.82) is 0 Å². The van der Waals surface area contributed by atoms with Crippen LogP contribution in [0.5, 0.6) is 0 Å². The highest BCUT2D eigenvalue weighted by Gasteiger charge is 2.37. The Morgan fingerprint density at radius 2 is 2.04 bits per heavy atom. The van der Waals surface area contributed by atoms with Crippen molar-refractivity contribution in [3.8, 4) is 0 Å². The number of amides is 2. The summed E-state index contributed by atoms with van der Waals surface area (Å²) in [5.41, 5.74) is 0.759. The van der Waals surface area contributed by atoms with Crippen molar-refractivity contribution in [1.82, 2.24) is 10.2 Å². The van der Waals surface area contributed by atoms with E-state index in [4.69, 9.17) is 9.84 Å². The van der Waals surface area contributed by atoms with Crippen LogP contribution in [0.1, 0.15) is 25.3 Å². The van der Waals surface area contributed by atoms with E-state index in [0.29, 0.717) is 17.9 Å². The van der Waals surface area contributed by atoms with Gasteiger partial charge in [0.05, 0.1) is 6.04 Å². The van der Waals surface area contributed by atoms with Crippen molar-refractivity contribution >= 4 is 18.0 Å². The van der Waals surface area contributed by atoms with Gasteiger partial charge in [0.25, 0.3) is 0 Å². The summed E-state index contributed by atoms with van der Waals surface area (Å²) >= 11 is 0. The molecule has 1 saturated heterocycles. The largest absolute Gasteiger partial charge is 0.480 e. The number of aliphatic carboxylic acids is 1. The molecule has 1 aromatic rings. The number of benzene rings is 1. The molecule has 0 bridgehead atoms. The Labute approximate surface area is 134 Å². The van der Waals surface area contributed by atoms with E-state index < -0.39 is 30.1 Å². The maximum absolute atomic E-state index is 12.4. The Hall–Kier alpha value is -2.41. The van der Waals surface area contributed by atoms with Crippen LogP contribution in [0.25, 0.3) is 0 Å². The van der Waals surface area contributed by atoms with Crippen LogP contribution >= 0.6 is 0 Å². The van der Waals surface area contributed by atoms with E-state index in [1.165, 1.54) is 6.92 Å². The molecule has 0 radical (unpaired) electrons. The monoisotopic (exact) mass is 320 g/mol. The molecule has 2 unspecified atom stereocenters. The SMILES string of the molecule is CC(C(=O)O)N(C(=O)OCc1ccccc1)C(=O)C1CCCN1. The molecule has 1 fully saturated rings. The molecule has 2 N–H and O–H groups in total. The summed E-state index contributed by atoms with van der Waals surface area (Å²) < 4.78 is 5.12. The summed E-state index contributed by atoms with van der Waals surface area (Å²) in [5, 5.41) is 12.1. The van der Waals surface area contributed by atoms with Crippen LogP contribution in [0, 0.1) is 0 Å². The molecule has 124 valence electrons. The quantitative estimate of drug-likeness (QED) is 0.851. The molecule has 1 aliphatic rings. The summed E-state index contributed by atoms with van der Waals surface area (Å²) in [6.45, 7) is 1.94. The third kappa shape index (κ3) is 4.29. The molecule has 7 heteroatoms. The predicted octanol–water partition coefficient (Wildman–Crippen LogP) is 1.38. The first kappa shape index (κ1) is 17.0. The smallest absolute Gasteiger partial charge is 0.417 e. The lowest BCUT2D eigenvalue weighted by Gasteiger charge is -2.26. The zero-order valence-electron chi connectivity index (χ0n) is 12.9. The highest BCUT2D eigenvalue weighted by atomic mass is 16.6. The van der Waals surface area contributed by atoms with Gasteiger partial charge in [-0.05, 0) is 31.9 Å². The number of hydrogen-bond donors (Lipinski definition) is 2. The topological polar surface area (TPSA) is 95.9 Å². The van der Waals surface area contributed by atoms with Gasteiger partial charge < -0.3 is 15.2 Å². The highest BCUT2D eigenvalue weighted by Crippen LogP contribution is 2.14. The van der Waals surface area contributed by atoms with E-state index in [1.807, 2.05) is 6.07 Å². The molecule has 1 aliphatic heterocycles.